The van der Waals surface area contributed by atoms with Gasteiger partial charge in [0.05, 0.1) is 42.2 Å². The molecular formula is C24H34N4O5S. The number of fused-ring (bicyclic) bond motifs is 3. The summed E-state index contributed by atoms with van der Waals surface area (Å²) in [6.45, 7) is 5.62. The number of likely N-dealkylation sites (tertiary alicyclic amines) is 1. The molecule has 1 amide bonds. The van der Waals surface area contributed by atoms with Crippen molar-refractivity contribution in [2.45, 2.75) is 36.0 Å². The second-order valence-electron chi connectivity index (χ2n) is 9.25. The SMILES string of the molecule is COCCN1CCCC(n2nc(C(=O)N3CCOCC3)c3c2-c2ccccc2S(O)(O)C3)CC1. The van der Waals surface area contributed by atoms with Crippen LogP contribution >= 0.6 is 10.6 Å². The molecule has 9 nitrogen and oxygen atoms in total. The molecule has 34 heavy (non-hydrogen) atoms. The number of carbonyl (C=O) groups excluding carboxylic acids is 1. The van der Waals surface area contributed by atoms with Crippen LogP contribution in [0.15, 0.2) is 29.2 Å². The van der Waals surface area contributed by atoms with Crippen LogP contribution in [0.2, 0.25) is 0 Å². The van der Waals surface area contributed by atoms with Crippen LogP contribution in [0.5, 0.6) is 0 Å². The monoisotopic (exact) mass is 490 g/mol. The number of nitrogens with zero attached hydrogens (tertiary/aromatic N) is 4. The standard InChI is InChI=1S/C24H34N4O5S/c1-32-14-11-26-9-4-5-18(8-10-26)28-23-19-6-2-3-7-21(19)34(30,31)17-20(23)22(25-28)24(29)27-12-15-33-16-13-27/h2-3,6-7,18,30-31H,4-5,8-17H2,1H3. The number of morpholine rings is 1. The number of rotatable bonds is 5. The van der Waals surface area contributed by atoms with E-state index in [1.165, 1.54) is 0 Å². The van der Waals surface area contributed by atoms with E-state index in [-0.39, 0.29) is 17.7 Å². The molecule has 3 aliphatic rings. The van der Waals surface area contributed by atoms with Crippen LogP contribution in [-0.2, 0) is 15.2 Å². The molecule has 1 unspecified atom stereocenters. The van der Waals surface area contributed by atoms with Crippen molar-refractivity contribution in [2.75, 3.05) is 59.7 Å². The number of aromatic nitrogens is 2. The number of ether oxygens (including phenoxy) is 2. The smallest absolute Gasteiger partial charge is 0.274 e. The van der Waals surface area contributed by atoms with Crippen molar-refractivity contribution in [3.8, 4) is 11.3 Å². The molecule has 0 saturated carbocycles. The van der Waals surface area contributed by atoms with Crippen molar-refractivity contribution < 1.29 is 23.4 Å². The number of benzene rings is 1. The summed E-state index contributed by atoms with van der Waals surface area (Å²) in [6.07, 6.45) is 2.91. The van der Waals surface area contributed by atoms with Crippen LogP contribution < -0.4 is 0 Å². The first-order chi connectivity index (χ1) is 16.5. The van der Waals surface area contributed by atoms with Crippen molar-refractivity contribution in [1.29, 1.82) is 0 Å². The largest absolute Gasteiger partial charge is 0.383 e. The second-order valence-corrected chi connectivity index (χ2v) is 11.3. The number of hydrogen-bond acceptors (Lipinski definition) is 7. The number of amides is 1. The Bertz CT molecular complexity index is 1040. The van der Waals surface area contributed by atoms with Gasteiger partial charge in [-0.3, -0.25) is 18.6 Å². The zero-order chi connectivity index (χ0) is 23.7. The summed E-state index contributed by atoms with van der Waals surface area (Å²) in [7, 11) is -1.33. The van der Waals surface area contributed by atoms with Crippen LogP contribution in [-0.4, -0.2) is 94.2 Å². The highest BCUT2D eigenvalue weighted by Crippen LogP contribution is 2.60. The Hall–Kier alpha value is -1.95. The van der Waals surface area contributed by atoms with Gasteiger partial charge < -0.3 is 19.3 Å². The molecule has 0 bridgehead atoms. The minimum atomic E-state index is -3.06. The topological polar surface area (TPSA) is 100 Å². The molecular weight excluding hydrogens is 456 g/mol. The summed E-state index contributed by atoms with van der Waals surface area (Å²) in [5, 5.41) is 4.92. The molecule has 0 spiro atoms. The molecule has 186 valence electrons. The molecule has 0 aliphatic carbocycles. The maximum atomic E-state index is 13.5. The van der Waals surface area contributed by atoms with Crippen molar-refractivity contribution in [1.82, 2.24) is 19.6 Å². The van der Waals surface area contributed by atoms with Gasteiger partial charge in [0, 0.05) is 44.4 Å². The van der Waals surface area contributed by atoms with E-state index in [1.807, 2.05) is 22.9 Å². The summed E-state index contributed by atoms with van der Waals surface area (Å²) in [6, 6.07) is 7.58. The molecule has 1 atom stereocenters. The average Bonchev–Trinajstić information content (AvgIpc) is 3.05. The lowest BCUT2D eigenvalue weighted by molar-refractivity contribution is 0.0297. The lowest BCUT2D eigenvalue weighted by atomic mass is 10.0. The molecule has 2 N–H and O–H groups in total. The van der Waals surface area contributed by atoms with Crippen LogP contribution in [0.3, 0.4) is 0 Å². The fourth-order valence-corrected chi connectivity index (χ4v) is 6.94. The fraction of sp³-hybridized carbons (Fsp3) is 0.583. The number of carbonyl (C=O) groups is 1. The number of hydrogen-bond donors (Lipinski definition) is 2. The van der Waals surface area contributed by atoms with Crippen molar-refractivity contribution in [3.63, 3.8) is 0 Å². The minimum absolute atomic E-state index is 0.0252. The Morgan fingerprint density at radius 3 is 2.76 bits per heavy atom. The van der Waals surface area contributed by atoms with E-state index in [0.29, 0.717) is 49.1 Å². The molecule has 4 heterocycles. The molecule has 10 heteroatoms. The molecule has 5 rings (SSSR count). The predicted octanol–water partition coefficient (Wildman–Crippen LogP) is 3.32. The van der Waals surface area contributed by atoms with Gasteiger partial charge in [0.1, 0.15) is 0 Å². The van der Waals surface area contributed by atoms with E-state index in [2.05, 4.69) is 4.90 Å². The molecule has 2 saturated heterocycles. The van der Waals surface area contributed by atoms with E-state index in [0.717, 1.165) is 50.2 Å². The van der Waals surface area contributed by atoms with Crippen LogP contribution in [0.1, 0.15) is 41.4 Å². The molecule has 1 aromatic heterocycles. The average molecular weight is 491 g/mol. The van der Waals surface area contributed by atoms with Gasteiger partial charge in [-0.05, 0) is 31.9 Å². The van der Waals surface area contributed by atoms with Crippen molar-refractivity contribution >= 4 is 16.5 Å². The number of methoxy groups -OCH3 is 1. The van der Waals surface area contributed by atoms with E-state index in [4.69, 9.17) is 14.6 Å². The lowest BCUT2D eigenvalue weighted by Crippen LogP contribution is -2.41. The summed E-state index contributed by atoms with van der Waals surface area (Å²) < 4.78 is 34.7. The zero-order valence-electron chi connectivity index (χ0n) is 19.7. The quantitative estimate of drug-likeness (QED) is 0.663. The van der Waals surface area contributed by atoms with Gasteiger partial charge in [-0.1, -0.05) is 18.2 Å². The fourth-order valence-electron chi connectivity index (χ4n) is 5.30. The summed E-state index contributed by atoms with van der Waals surface area (Å²) >= 11 is 0. The first-order valence-electron chi connectivity index (χ1n) is 12.0. The third-order valence-corrected chi connectivity index (χ3v) is 8.85. The second kappa shape index (κ2) is 9.96. The Labute approximate surface area is 202 Å². The molecule has 0 radical (unpaired) electrons. The van der Waals surface area contributed by atoms with E-state index < -0.39 is 10.6 Å². The van der Waals surface area contributed by atoms with E-state index in [1.54, 1.807) is 18.1 Å². The molecule has 1 aromatic carbocycles. The van der Waals surface area contributed by atoms with E-state index in [9.17, 15) is 13.9 Å². The van der Waals surface area contributed by atoms with E-state index >= 15 is 0 Å². The highest BCUT2D eigenvalue weighted by atomic mass is 32.3. The van der Waals surface area contributed by atoms with Gasteiger partial charge in [-0.25, -0.2) is 0 Å². The van der Waals surface area contributed by atoms with Crippen LogP contribution in [0.4, 0.5) is 0 Å². The Balaban J connectivity index is 1.55. The zero-order valence-corrected chi connectivity index (χ0v) is 20.5. The molecule has 2 aromatic rings. The normalized spacial score (nSPS) is 23.6. The highest BCUT2D eigenvalue weighted by Gasteiger charge is 2.38. The predicted molar refractivity (Wildman–Crippen MR) is 130 cm³/mol. The Morgan fingerprint density at radius 1 is 1.18 bits per heavy atom. The molecule has 2 fully saturated rings. The van der Waals surface area contributed by atoms with Gasteiger partial charge in [-0.15, -0.1) is 0 Å². The van der Waals surface area contributed by atoms with Crippen LogP contribution in [0.25, 0.3) is 11.3 Å². The maximum absolute atomic E-state index is 13.5. The van der Waals surface area contributed by atoms with Gasteiger partial charge in [0.2, 0.25) is 0 Å². The Kier molecular flexibility index (Phi) is 6.97. The minimum Gasteiger partial charge on any atom is -0.383 e. The first kappa shape index (κ1) is 23.8. The van der Waals surface area contributed by atoms with Crippen molar-refractivity contribution in [2.24, 2.45) is 0 Å². The summed E-state index contributed by atoms with van der Waals surface area (Å²) in [5.41, 5.74) is 2.66. The molecule has 3 aliphatic heterocycles. The van der Waals surface area contributed by atoms with Crippen LogP contribution in [0, 0.1) is 0 Å². The third kappa shape index (κ3) is 4.50. The van der Waals surface area contributed by atoms with Crippen molar-refractivity contribution in [3.05, 3.63) is 35.5 Å². The summed E-state index contributed by atoms with van der Waals surface area (Å²) in [4.78, 5) is 18.3. The van der Waals surface area contributed by atoms with Gasteiger partial charge in [-0.2, -0.15) is 15.7 Å². The van der Waals surface area contributed by atoms with Gasteiger partial charge in [0.25, 0.3) is 5.91 Å². The van der Waals surface area contributed by atoms with Gasteiger partial charge >= 0.3 is 0 Å². The first-order valence-corrected chi connectivity index (χ1v) is 13.8. The maximum Gasteiger partial charge on any atom is 0.274 e. The lowest BCUT2D eigenvalue weighted by Gasteiger charge is -2.38. The van der Waals surface area contributed by atoms with Gasteiger partial charge in [0.15, 0.2) is 5.69 Å². The third-order valence-electron chi connectivity index (χ3n) is 7.10. The Morgan fingerprint density at radius 2 is 1.97 bits per heavy atom. The summed E-state index contributed by atoms with van der Waals surface area (Å²) in [5.74, 6) is -0.125. The highest BCUT2D eigenvalue weighted by molar-refractivity contribution is 8.23.